The number of hydrogen-bond donors (Lipinski definition) is 1. The highest BCUT2D eigenvalue weighted by atomic mass is 16.5. The molecule has 1 N–H and O–H groups in total. The van der Waals surface area contributed by atoms with Crippen molar-refractivity contribution < 1.29 is 4.74 Å². The summed E-state index contributed by atoms with van der Waals surface area (Å²) in [5.41, 5.74) is 4.90. The Kier molecular flexibility index (Phi) is 3.88. The summed E-state index contributed by atoms with van der Waals surface area (Å²) < 4.78 is 5.23. The van der Waals surface area contributed by atoms with E-state index in [1.165, 1.54) is 44.2 Å². The van der Waals surface area contributed by atoms with Crippen LogP contribution in [-0.2, 0) is 6.42 Å². The summed E-state index contributed by atoms with van der Waals surface area (Å²) in [7, 11) is 1.72. The van der Waals surface area contributed by atoms with Gasteiger partial charge in [-0.05, 0) is 62.3 Å². The predicted octanol–water partition coefficient (Wildman–Crippen LogP) is 3.33. The molecule has 1 aliphatic heterocycles. The van der Waals surface area contributed by atoms with Crippen molar-refractivity contribution in [2.75, 3.05) is 20.2 Å². The molecule has 0 bridgehead atoms. The summed E-state index contributed by atoms with van der Waals surface area (Å²) >= 11 is 0. The van der Waals surface area contributed by atoms with Gasteiger partial charge in [-0.3, -0.25) is 0 Å². The molecule has 1 atom stereocenters. The van der Waals surface area contributed by atoms with E-state index in [0.717, 1.165) is 18.2 Å². The molecule has 1 aromatic rings. The molecule has 1 aromatic carbocycles. The van der Waals surface area contributed by atoms with Gasteiger partial charge in [0, 0.05) is 6.54 Å². The summed E-state index contributed by atoms with van der Waals surface area (Å²) in [5, 5.41) is 3.54. The van der Waals surface area contributed by atoms with E-state index in [4.69, 9.17) is 4.74 Å². The second kappa shape index (κ2) is 5.79. The first-order valence-electron chi connectivity index (χ1n) is 7.41. The molecule has 0 saturated carbocycles. The average Bonchev–Trinajstić information content (AvgIpc) is 2.48. The second-order valence-corrected chi connectivity index (χ2v) is 5.70. The van der Waals surface area contributed by atoms with Gasteiger partial charge in [0.1, 0.15) is 5.75 Å². The molecule has 0 fully saturated rings. The molecular weight excluding hydrogens is 234 g/mol. The smallest absolute Gasteiger partial charge is 0.118 e. The minimum Gasteiger partial charge on any atom is -0.497 e. The van der Waals surface area contributed by atoms with E-state index in [1.54, 1.807) is 18.3 Å². The van der Waals surface area contributed by atoms with Gasteiger partial charge in [0.05, 0.1) is 7.11 Å². The van der Waals surface area contributed by atoms with E-state index < -0.39 is 0 Å². The first kappa shape index (κ1) is 12.7. The van der Waals surface area contributed by atoms with E-state index in [1.807, 2.05) is 0 Å². The van der Waals surface area contributed by atoms with Gasteiger partial charge in [0.2, 0.25) is 0 Å². The summed E-state index contributed by atoms with van der Waals surface area (Å²) in [6.45, 7) is 2.30. The van der Waals surface area contributed by atoms with Crippen molar-refractivity contribution in [1.29, 1.82) is 0 Å². The van der Waals surface area contributed by atoms with E-state index in [2.05, 4.69) is 29.6 Å². The molecule has 0 spiro atoms. The van der Waals surface area contributed by atoms with Gasteiger partial charge >= 0.3 is 0 Å². The summed E-state index contributed by atoms with van der Waals surface area (Å²) in [6, 6.07) is 8.58. The highest BCUT2D eigenvalue weighted by Crippen LogP contribution is 2.35. The molecule has 0 aromatic heterocycles. The summed E-state index contributed by atoms with van der Waals surface area (Å²) in [5.74, 6) is 1.71. The van der Waals surface area contributed by atoms with Crippen molar-refractivity contribution in [3.63, 3.8) is 0 Å². The van der Waals surface area contributed by atoms with Gasteiger partial charge in [-0.15, -0.1) is 0 Å². The van der Waals surface area contributed by atoms with Gasteiger partial charge in [0.15, 0.2) is 0 Å². The average molecular weight is 257 g/mol. The van der Waals surface area contributed by atoms with Gasteiger partial charge in [0.25, 0.3) is 0 Å². The maximum atomic E-state index is 5.23. The number of methoxy groups -OCH3 is 1. The van der Waals surface area contributed by atoms with Crippen molar-refractivity contribution in [3.05, 3.63) is 41.0 Å². The Morgan fingerprint density at radius 3 is 2.84 bits per heavy atom. The molecule has 0 amide bonds. The zero-order valence-corrected chi connectivity index (χ0v) is 11.7. The molecule has 2 heteroatoms. The largest absolute Gasteiger partial charge is 0.497 e. The van der Waals surface area contributed by atoms with Gasteiger partial charge in [-0.2, -0.15) is 0 Å². The van der Waals surface area contributed by atoms with Crippen LogP contribution < -0.4 is 10.1 Å². The Bertz CT molecular complexity index is 457. The molecule has 1 heterocycles. The standard InChI is InChI=1S/C17H23NO/c1-19-16-7-5-13(6-8-16)11-15-4-2-3-14-9-10-18-12-17(14)15/h5-8,15,18H,2-4,9-12H2,1H3/t15-/m0/s1. The highest BCUT2D eigenvalue weighted by Gasteiger charge is 2.24. The lowest BCUT2D eigenvalue weighted by atomic mass is 9.77. The zero-order chi connectivity index (χ0) is 13.1. The summed E-state index contributed by atoms with van der Waals surface area (Å²) in [6.07, 6.45) is 6.53. The van der Waals surface area contributed by atoms with E-state index in [0.29, 0.717) is 0 Å². The Morgan fingerprint density at radius 1 is 1.21 bits per heavy atom. The number of ether oxygens (including phenoxy) is 1. The normalized spacial score (nSPS) is 23.1. The van der Waals surface area contributed by atoms with Crippen LogP contribution >= 0.6 is 0 Å². The topological polar surface area (TPSA) is 21.3 Å². The zero-order valence-electron chi connectivity index (χ0n) is 11.7. The Morgan fingerprint density at radius 2 is 2.05 bits per heavy atom. The van der Waals surface area contributed by atoms with Crippen LogP contribution in [0.4, 0.5) is 0 Å². The quantitative estimate of drug-likeness (QED) is 0.839. The van der Waals surface area contributed by atoms with E-state index >= 15 is 0 Å². The number of nitrogens with one attached hydrogen (secondary N) is 1. The second-order valence-electron chi connectivity index (χ2n) is 5.70. The minimum absolute atomic E-state index is 0.755. The maximum absolute atomic E-state index is 5.23. The van der Waals surface area contributed by atoms with Gasteiger partial charge in [-0.25, -0.2) is 0 Å². The van der Waals surface area contributed by atoms with E-state index in [-0.39, 0.29) is 0 Å². The fourth-order valence-electron chi connectivity index (χ4n) is 3.47. The lowest BCUT2D eigenvalue weighted by molar-refractivity contribution is 0.414. The molecular formula is C17H23NO. The van der Waals surface area contributed by atoms with E-state index in [9.17, 15) is 0 Å². The fraction of sp³-hybridized carbons (Fsp3) is 0.529. The third-order valence-corrected chi connectivity index (χ3v) is 4.54. The molecule has 1 aliphatic carbocycles. The number of rotatable bonds is 3. The third-order valence-electron chi connectivity index (χ3n) is 4.54. The monoisotopic (exact) mass is 257 g/mol. The van der Waals surface area contributed by atoms with Crippen molar-refractivity contribution in [1.82, 2.24) is 5.32 Å². The third kappa shape index (κ3) is 2.84. The lowest BCUT2D eigenvalue weighted by Gasteiger charge is -2.32. The predicted molar refractivity (Wildman–Crippen MR) is 78.6 cm³/mol. The molecule has 2 nitrogen and oxygen atoms in total. The van der Waals surface area contributed by atoms with Crippen molar-refractivity contribution >= 4 is 0 Å². The van der Waals surface area contributed by atoms with Crippen LogP contribution in [0.3, 0.4) is 0 Å². The fourth-order valence-corrected chi connectivity index (χ4v) is 3.47. The van der Waals surface area contributed by atoms with Crippen LogP contribution in [0.15, 0.2) is 35.4 Å². The van der Waals surface area contributed by atoms with Gasteiger partial charge in [-0.1, -0.05) is 23.3 Å². The molecule has 0 unspecified atom stereocenters. The van der Waals surface area contributed by atoms with Crippen molar-refractivity contribution in [3.8, 4) is 5.75 Å². The van der Waals surface area contributed by atoms with Crippen LogP contribution in [0, 0.1) is 5.92 Å². The first-order valence-corrected chi connectivity index (χ1v) is 7.41. The maximum Gasteiger partial charge on any atom is 0.118 e. The van der Waals surface area contributed by atoms with Crippen LogP contribution in [0.5, 0.6) is 5.75 Å². The Balaban J connectivity index is 1.74. The molecule has 3 rings (SSSR count). The van der Waals surface area contributed by atoms with Crippen LogP contribution in [0.1, 0.15) is 31.2 Å². The SMILES string of the molecule is COc1ccc(C[C@@H]2CCCC3=C2CNCC3)cc1. The molecule has 0 radical (unpaired) electrons. The Hall–Kier alpha value is -1.28. The molecule has 2 aliphatic rings. The van der Waals surface area contributed by atoms with Crippen LogP contribution in [-0.4, -0.2) is 20.2 Å². The number of hydrogen-bond acceptors (Lipinski definition) is 2. The summed E-state index contributed by atoms with van der Waals surface area (Å²) in [4.78, 5) is 0. The molecule has 19 heavy (non-hydrogen) atoms. The first-order chi connectivity index (χ1) is 9.36. The minimum atomic E-state index is 0.755. The number of benzene rings is 1. The highest BCUT2D eigenvalue weighted by molar-refractivity contribution is 5.30. The van der Waals surface area contributed by atoms with Crippen LogP contribution in [0.25, 0.3) is 0 Å². The van der Waals surface area contributed by atoms with Crippen molar-refractivity contribution in [2.24, 2.45) is 5.92 Å². The van der Waals surface area contributed by atoms with Crippen LogP contribution in [0.2, 0.25) is 0 Å². The lowest BCUT2D eigenvalue weighted by Crippen LogP contribution is -2.31. The van der Waals surface area contributed by atoms with Gasteiger partial charge < -0.3 is 10.1 Å². The Labute approximate surface area is 115 Å². The molecule has 102 valence electrons. The molecule has 0 saturated heterocycles. The van der Waals surface area contributed by atoms with Crippen molar-refractivity contribution in [2.45, 2.75) is 32.1 Å².